The molecule has 2 N–H and O–H groups in total. The molecule has 0 aliphatic carbocycles. The van der Waals surface area contributed by atoms with Crippen molar-refractivity contribution in [2.45, 2.75) is 25.3 Å². The van der Waals surface area contributed by atoms with Gasteiger partial charge in [0.05, 0.1) is 15.6 Å². The molecule has 1 unspecified atom stereocenters. The third-order valence-electron chi connectivity index (χ3n) is 3.40. The number of piperidine rings is 1. The van der Waals surface area contributed by atoms with Gasteiger partial charge in [0, 0.05) is 19.1 Å². The van der Waals surface area contributed by atoms with Gasteiger partial charge in [0.1, 0.15) is 5.82 Å². The largest absolute Gasteiger partial charge is 0.334 e. The minimum absolute atomic E-state index is 0.00365. The van der Waals surface area contributed by atoms with Gasteiger partial charge in [-0.3, -0.25) is 4.79 Å². The van der Waals surface area contributed by atoms with Gasteiger partial charge in [-0.25, -0.2) is 4.39 Å². The number of hydrogen-bond donors (Lipinski definition) is 1. The van der Waals surface area contributed by atoms with Gasteiger partial charge in [-0.15, -0.1) is 0 Å². The van der Waals surface area contributed by atoms with Gasteiger partial charge in [-0.1, -0.05) is 23.2 Å². The lowest BCUT2D eigenvalue weighted by atomic mass is 10.0. The molecule has 1 aliphatic rings. The van der Waals surface area contributed by atoms with E-state index in [2.05, 4.69) is 0 Å². The zero-order chi connectivity index (χ0) is 14.0. The summed E-state index contributed by atoms with van der Waals surface area (Å²) in [6, 6.07) is 2.35. The average Bonchev–Trinajstić information content (AvgIpc) is 2.42. The van der Waals surface area contributed by atoms with E-state index in [1.54, 1.807) is 4.90 Å². The highest BCUT2D eigenvalue weighted by Crippen LogP contribution is 2.27. The first-order valence-corrected chi connectivity index (χ1v) is 6.95. The molecule has 1 aromatic carbocycles. The van der Waals surface area contributed by atoms with Gasteiger partial charge in [0.2, 0.25) is 0 Å². The third-order valence-corrected chi connectivity index (χ3v) is 4.00. The van der Waals surface area contributed by atoms with Crippen molar-refractivity contribution in [1.29, 1.82) is 0 Å². The van der Waals surface area contributed by atoms with Crippen LogP contribution in [0.4, 0.5) is 4.39 Å². The van der Waals surface area contributed by atoms with Crippen molar-refractivity contribution >= 4 is 29.1 Å². The minimum Gasteiger partial charge on any atom is -0.334 e. The fraction of sp³-hybridized carbons (Fsp3) is 0.462. The molecule has 19 heavy (non-hydrogen) atoms. The number of nitrogens with zero attached hydrogens (tertiary/aromatic N) is 1. The van der Waals surface area contributed by atoms with Crippen LogP contribution in [0.3, 0.4) is 0 Å². The number of carbonyl (C=O) groups is 1. The van der Waals surface area contributed by atoms with Crippen LogP contribution >= 0.6 is 23.2 Å². The zero-order valence-corrected chi connectivity index (χ0v) is 11.8. The van der Waals surface area contributed by atoms with Crippen LogP contribution in [0, 0.1) is 5.82 Å². The van der Waals surface area contributed by atoms with Crippen LogP contribution in [0.25, 0.3) is 0 Å². The van der Waals surface area contributed by atoms with Gasteiger partial charge in [-0.2, -0.15) is 0 Å². The lowest BCUT2D eigenvalue weighted by molar-refractivity contribution is 0.0623. The van der Waals surface area contributed by atoms with Crippen LogP contribution in [-0.4, -0.2) is 29.9 Å². The third kappa shape index (κ3) is 3.02. The molecule has 1 heterocycles. The molecular formula is C13H15Cl2FN2O. The predicted molar refractivity (Wildman–Crippen MR) is 74.1 cm³/mol. The summed E-state index contributed by atoms with van der Waals surface area (Å²) in [6.07, 6.45) is 2.85. The quantitative estimate of drug-likeness (QED) is 0.854. The maximum atomic E-state index is 13.5. The second-order valence-electron chi connectivity index (χ2n) is 4.63. The number of rotatable bonds is 2. The number of hydrogen-bond acceptors (Lipinski definition) is 2. The topological polar surface area (TPSA) is 46.3 Å². The number of amides is 1. The lowest BCUT2D eigenvalue weighted by Gasteiger charge is -2.35. The van der Waals surface area contributed by atoms with E-state index in [0.29, 0.717) is 13.1 Å². The molecule has 0 spiro atoms. The fourth-order valence-electron chi connectivity index (χ4n) is 2.35. The predicted octanol–water partition coefficient (Wildman–Crippen LogP) is 3.09. The van der Waals surface area contributed by atoms with E-state index >= 15 is 0 Å². The number of halogens is 3. The van der Waals surface area contributed by atoms with Gasteiger partial charge in [-0.05, 0) is 31.4 Å². The second kappa shape index (κ2) is 6.07. The molecule has 104 valence electrons. The molecule has 1 atom stereocenters. The minimum atomic E-state index is -0.643. The monoisotopic (exact) mass is 304 g/mol. The van der Waals surface area contributed by atoms with E-state index in [1.807, 2.05) is 0 Å². The van der Waals surface area contributed by atoms with E-state index in [4.69, 9.17) is 28.9 Å². The van der Waals surface area contributed by atoms with E-state index in [9.17, 15) is 9.18 Å². The summed E-state index contributed by atoms with van der Waals surface area (Å²) in [7, 11) is 0. The van der Waals surface area contributed by atoms with Crippen molar-refractivity contribution in [3.63, 3.8) is 0 Å². The summed E-state index contributed by atoms with van der Waals surface area (Å²) in [5.74, 6) is -0.925. The molecule has 3 nitrogen and oxygen atoms in total. The Kier molecular flexibility index (Phi) is 4.66. The summed E-state index contributed by atoms with van der Waals surface area (Å²) in [6.45, 7) is 1.03. The van der Waals surface area contributed by atoms with E-state index < -0.39 is 5.82 Å². The van der Waals surface area contributed by atoms with E-state index in [-0.39, 0.29) is 27.6 Å². The summed E-state index contributed by atoms with van der Waals surface area (Å²) < 4.78 is 13.5. The average molecular weight is 305 g/mol. The highest BCUT2D eigenvalue weighted by atomic mass is 35.5. The molecule has 2 rings (SSSR count). The maximum absolute atomic E-state index is 13.5. The van der Waals surface area contributed by atoms with Crippen LogP contribution in [0.2, 0.25) is 10.0 Å². The highest BCUT2D eigenvalue weighted by molar-refractivity contribution is 6.36. The molecule has 1 aliphatic heterocycles. The van der Waals surface area contributed by atoms with Crippen LogP contribution < -0.4 is 5.73 Å². The van der Waals surface area contributed by atoms with Gasteiger partial charge in [0.25, 0.3) is 5.91 Å². The van der Waals surface area contributed by atoms with Gasteiger partial charge in [0.15, 0.2) is 0 Å². The summed E-state index contributed by atoms with van der Waals surface area (Å²) in [5, 5.41) is 0.0771. The van der Waals surface area contributed by atoms with Gasteiger partial charge < -0.3 is 10.6 Å². The van der Waals surface area contributed by atoms with Crippen LogP contribution in [-0.2, 0) is 0 Å². The van der Waals surface area contributed by atoms with Crippen molar-refractivity contribution in [1.82, 2.24) is 4.90 Å². The van der Waals surface area contributed by atoms with Crippen LogP contribution in [0.1, 0.15) is 29.6 Å². The molecule has 1 amide bonds. The number of carbonyl (C=O) groups excluding carboxylic acids is 1. The fourth-order valence-corrected chi connectivity index (χ4v) is 2.82. The number of likely N-dealkylation sites (tertiary alicyclic amines) is 1. The van der Waals surface area contributed by atoms with Crippen molar-refractivity contribution in [2.75, 3.05) is 13.1 Å². The second-order valence-corrected chi connectivity index (χ2v) is 5.44. The smallest absolute Gasteiger partial charge is 0.255 e. The van der Waals surface area contributed by atoms with Gasteiger partial charge >= 0.3 is 0 Å². The Balaban J connectivity index is 2.30. The zero-order valence-electron chi connectivity index (χ0n) is 10.3. The number of nitrogens with two attached hydrogens (primary N) is 1. The van der Waals surface area contributed by atoms with Crippen molar-refractivity contribution in [3.05, 3.63) is 33.6 Å². The van der Waals surface area contributed by atoms with Crippen molar-refractivity contribution in [2.24, 2.45) is 5.73 Å². The first-order chi connectivity index (χ1) is 9.04. The molecule has 0 bridgehead atoms. The normalized spacial score (nSPS) is 19.6. The Hall–Kier alpha value is -0.840. The Morgan fingerprint density at radius 1 is 1.37 bits per heavy atom. The Bertz CT molecular complexity index is 496. The van der Waals surface area contributed by atoms with Crippen molar-refractivity contribution < 1.29 is 9.18 Å². The summed E-state index contributed by atoms with van der Waals surface area (Å²) >= 11 is 11.6. The summed E-state index contributed by atoms with van der Waals surface area (Å²) in [4.78, 5) is 14.1. The van der Waals surface area contributed by atoms with Crippen molar-refractivity contribution in [3.8, 4) is 0 Å². The number of benzene rings is 1. The van der Waals surface area contributed by atoms with Crippen LogP contribution in [0.5, 0.6) is 0 Å². The molecule has 1 saturated heterocycles. The molecule has 0 radical (unpaired) electrons. The highest BCUT2D eigenvalue weighted by Gasteiger charge is 2.28. The van der Waals surface area contributed by atoms with Crippen LogP contribution in [0.15, 0.2) is 12.1 Å². The maximum Gasteiger partial charge on any atom is 0.255 e. The molecule has 1 aromatic rings. The molecule has 6 heteroatoms. The molecule has 0 saturated carbocycles. The standard InChI is InChI=1S/C13H15Cl2FN2O/c14-10-6-11(15)12(16)5-9(10)13(19)18-4-2-1-3-8(18)7-17/h5-6,8H,1-4,7,17H2. The molecule has 1 fully saturated rings. The van der Waals surface area contributed by atoms with E-state index in [0.717, 1.165) is 25.3 Å². The van der Waals surface area contributed by atoms with E-state index in [1.165, 1.54) is 6.07 Å². The Labute approximate surface area is 121 Å². The Morgan fingerprint density at radius 2 is 2.11 bits per heavy atom. The molecular weight excluding hydrogens is 290 g/mol. The molecule has 0 aromatic heterocycles. The summed E-state index contributed by atoms with van der Waals surface area (Å²) in [5.41, 5.74) is 5.82. The Morgan fingerprint density at radius 3 is 2.79 bits per heavy atom. The first-order valence-electron chi connectivity index (χ1n) is 6.20. The SMILES string of the molecule is NCC1CCCCN1C(=O)c1cc(F)c(Cl)cc1Cl. The lowest BCUT2D eigenvalue weighted by Crippen LogP contribution is -2.47. The first kappa shape index (κ1) is 14.6.